The summed E-state index contributed by atoms with van der Waals surface area (Å²) in [5.74, 6) is 5.28. The second-order valence-electron chi connectivity index (χ2n) is 3.68. The lowest BCUT2D eigenvalue weighted by Crippen LogP contribution is -2.29. The van der Waals surface area contributed by atoms with Crippen LogP contribution < -0.4 is 11.3 Å². The van der Waals surface area contributed by atoms with Gasteiger partial charge < -0.3 is 0 Å². The highest BCUT2D eigenvalue weighted by Crippen LogP contribution is 2.28. The molecule has 1 atom stereocenters. The van der Waals surface area contributed by atoms with Gasteiger partial charge in [0.2, 0.25) is 0 Å². The average molecular weight is 295 g/mol. The van der Waals surface area contributed by atoms with Gasteiger partial charge in [-0.25, -0.2) is 9.82 Å². The fraction of sp³-hybridized carbons (Fsp3) is 0.0769. The van der Waals surface area contributed by atoms with Crippen LogP contribution in [0.25, 0.3) is 0 Å². The third-order valence-corrected chi connectivity index (χ3v) is 3.29. The molecule has 17 heavy (non-hydrogen) atoms. The second kappa shape index (κ2) is 5.40. The molecule has 0 radical (unpaired) electrons. The smallest absolute Gasteiger partial charge is 0.123 e. The van der Waals surface area contributed by atoms with Crippen LogP contribution in [0.4, 0.5) is 4.39 Å². The number of nitrogens with two attached hydrogens (primary N) is 1. The maximum absolute atomic E-state index is 13.3. The van der Waals surface area contributed by atoms with Crippen LogP contribution >= 0.6 is 15.9 Å². The number of nitrogens with one attached hydrogen (secondary N) is 1. The third-order valence-electron chi connectivity index (χ3n) is 2.57. The molecular formula is C13H12BrFN2. The predicted octanol–water partition coefficient (Wildman–Crippen LogP) is 3.14. The summed E-state index contributed by atoms with van der Waals surface area (Å²) in [5, 5.41) is 0. The van der Waals surface area contributed by atoms with Crippen molar-refractivity contribution in [1.29, 1.82) is 0 Å². The Bertz CT molecular complexity index is 502. The van der Waals surface area contributed by atoms with Crippen molar-refractivity contribution < 1.29 is 4.39 Å². The van der Waals surface area contributed by atoms with Crippen molar-refractivity contribution in [2.45, 2.75) is 6.04 Å². The van der Waals surface area contributed by atoms with E-state index in [1.54, 1.807) is 6.07 Å². The van der Waals surface area contributed by atoms with Gasteiger partial charge in [-0.1, -0.05) is 46.3 Å². The van der Waals surface area contributed by atoms with Gasteiger partial charge in [0, 0.05) is 4.47 Å². The molecule has 0 bridgehead atoms. The fourth-order valence-electron chi connectivity index (χ4n) is 1.75. The first-order valence-electron chi connectivity index (χ1n) is 5.18. The van der Waals surface area contributed by atoms with Gasteiger partial charge in [0.05, 0.1) is 6.04 Å². The average Bonchev–Trinajstić information content (AvgIpc) is 2.36. The van der Waals surface area contributed by atoms with E-state index in [-0.39, 0.29) is 11.9 Å². The maximum atomic E-state index is 13.3. The summed E-state index contributed by atoms with van der Waals surface area (Å²) in [5.41, 5.74) is 4.47. The van der Waals surface area contributed by atoms with E-state index in [0.29, 0.717) is 0 Å². The first kappa shape index (κ1) is 12.2. The molecule has 0 aliphatic rings. The number of halogens is 2. The molecule has 0 fully saturated rings. The maximum Gasteiger partial charge on any atom is 0.123 e. The predicted molar refractivity (Wildman–Crippen MR) is 69.7 cm³/mol. The number of rotatable bonds is 3. The van der Waals surface area contributed by atoms with Gasteiger partial charge in [-0.2, -0.15) is 0 Å². The highest BCUT2D eigenvalue weighted by molar-refractivity contribution is 9.10. The molecule has 0 heterocycles. The van der Waals surface area contributed by atoms with E-state index >= 15 is 0 Å². The van der Waals surface area contributed by atoms with Gasteiger partial charge in [0.25, 0.3) is 0 Å². The van der Waals surface area contributed by atoms with Crippen LogP contribution in [-0.2, 0) is 0 Å². The summed E-state index contributed by atoms with van der Waals surface area (Å²) >= 11 is 3.41. The topological polar surface area (TPSA) is 38.0 Å². The van der Waals surface area contributed by atoms with Gasteiger partial charge in [-0.15, -0.1) is 0 Å². The summed E-state index contributed by atoms with van der Waals surface area (Å²) in [4.78, 5) is 0. The van der Waals surface area contributed by atoms with Crippen LogP contribution in [0.15, 0.2) is 53.0 Å². The molecule has 0 spiro atoms. The van der Waals surface area contributed by atoms with E-state index in [9.17, 15) is 4.39 Å². The van der Waals surface area contributed by atoms with E-state index in [0.717, 1.165) is 15.6 Å². The first-order chi connectivity index (χ1) is 8.22. The lowest BCUT2D eigenvalue weighted by molar-refractivity contribution is 0.603. The van der Waals surface area contributed by atoms with E-state index in [1.165, 1.54) is 12.1 Å². The Kier molecular flexibility index (Phi) is 3.89. The zero-order valence-corrected chi connectivity index (χ0v) is 10.6. The molecule has 2 rings (SSSR count). The van der Waals surface area contributed by atoms with E-state index in [4.69, 9.17) is 5.84 Å². The van der Waals surface area contributed by atoms with Crippen LogP contribution in [0.2, 0.25) is 0 Å². The standard InChI is InChI=1S/C13H12BrFN2/c14-12-7-6-10(15)8-11(12)13(17-16)9-4-2-1-3-5-9/h1-8,13,17H,16H2. The highest BCUT2D eigenvalue weighted by atomic mass is 79.9. The van der Waals surface area contributed by atoms with Gasteiger partial charge in [-0.05, 0) is 29.3 Å². The third kappa shape index (κ3) is 2.72. The lowest BCUT2D eigenvalue weighted by atomic mass is 9.99. The Morgan fingerprint density at radius 3 is 2.47 bits per heavy atom. The molecule has 0 amide bonds. The monoisotopic (exact) mass is 294 g/mol. The van der Waals surface area contributed by atoms with E-state index < -0.39 is 0 Å². The van der Waals surface area contributed by atoms with Gasteiger partial charge >= 0.3 is 0 Å². The van der Waals surface area contributed by atoms with E-state index in [1.807, 2.05) is 30.3 Å². The molecule has 2 nitrogen and oxygen atoms in total. The van der Waals surface area contributed by atoms with Crippen LogP contribution in [0.3, 0.4) is 0 Å². The molecule has 0 saturated carbocycles. The van der Waals surface area contributed by atoms with Crippen molar-refractivity contribution in [2.75, 3.05) is 0 Å². The normalized spacial score (nSPS) is 12.4. The number of hydrogen-bond acceptors (Lipinski definition) is 2. The van der Waals surface area contributed by atoms with Gasteiger partial charge in [-0.3, -0.25) is 5.84 Å². The quantitative estimate of drug-likeness (QED) is 0.674. The van der Waals surface area contributed by atoms with Crippen molar-refractivity contribution in [2.24, 2.45) is 5.84 Å². The molecule has 0 aliphatic heterocycles. The van der Waals surface area contributed by atoms with Gasteiger partial charge in [0.1, 0.15) is 5.82 Å². The molecule has 2 aromatic rings. The number of hydrazine groups is 1. The van der Waals surface area contributed by atoms with E-state index in [2.05, 4.69) is 21.4 Å². The minimum absolute atomic E-state index is 0.235. The summed E-state index contributed by atoms with van der Waals surface area (Å²) in [7, 11) is 0. The van der Waals surface area contributed by atoms with Crippen LogP contribution in [-0.4, -0.2) is 0 Å². The van der Waals surface area contributed by atoms with Crippen molar-refractivity contribution in [3.05, 3.63) is 69.9 Å². The number of benzene rings is 2. The molecule has 4 heteroatoms. The van der Waals surface area contributed by atoms with Crippen LogP contribution in [0, 0.1) is 5.82 Å². The number of hydrogen-bond donors (Lipinski definition) is 2. The minimum Gasteiger partial charge on any atom is -0.271 e. The molecular weight excluding hydrogens is 283 g/mol. The van der Waals surface area contributed by atoms with Crippen molar-refractivity contribution in [3.8, 4) is 0 Å². The van der Waals surface area contributed by atoms with Crippen molar-refractivity contribution >= 4 is 15.9 Å². The Morgan fingerprint density at radius 2 is 1.82 bits per heavy atom. The summed E-state index contributed by atoms with van der Waals surface area (Å²) in [6.07, 6.45) is 0. The molecule has 1 unspecified atom stereocenters. The SMILES string of the molecule is NNC(c1ccccc1)c1cc(F)ccc1Br. The molecule has 2 aromatic carbocycles. The minimum atomic E-state index is -0.278. The fourth-order valence-corrected chi connectivity index (χ4v) is 2.22. The Labute approximate surface area is 108 Å². The van der Waals surface area contributed by atoms with Crippen LogP contribution in [0.5, 0.6) is 0 Å². The Hall–Kier alpha value is -1.23. The molecule has 0 aliphatic carbocycles. The summed E-state index contributed by atoms with van der Waals surface area (Å²) < 4.78 is 14.1. The Morgan fingerprint density at radius 1 is 1.12 bits per heavy atom. The molecule has 88 valence electrons. The highest BCUT2D eigenvalue weighted by Gasteiger charge is 2.15. The summed E-state index contributed by atoms with van der Waals surface area (Å²) in [6, 6.07) is 14.0. The zero-order valence-electron chi connectivity index (χ0n) is 9.03. The lowest BCUT2D eigenvalue weighted by Gasteiger charge is -2.18. The second-order valence-corrected chi connectivity index (χ2v) is 4.53. The molecule has 0 aromatic heterocycles. The molecule has 0 saturated heterocycles. The summed E-state index contributed by atoms with van der Waals surface area (Å²) in [6.45, 7) is 0. The largest absolute Gasteiger partial charge is 0.271 e. The van der Waals surface area contributed by atoms with Gasteiger partial charge in [0.15, 0.2) is 0 Å². The zero-order chi connectivity index (χ0) is 12.3. The van der Waals surface area contributed by atoms with Crippen molar-refractivity contribution in [3.63, 3.8) is 0 Å². The Balaban J connectivity index is 2.46. The first-order valence-corrected chi connectivity index (χ1v) is 5.97. The molecule has 3 N–H and O–H groups in total. The van der Waals surface area contributed by atoms with Crippen molar-refractivity contribution in [1.82, 2.24) is 5.43 Å². The van der Waals surface area contributed by atoms with Crippen LogP contribution in [0.1, 0.15) is 17.2 Å².